The Balaban J connectivity index is 1.55. The first kappa shape index (κ1) is 22.0. The van der Waals surface area contributed by atoms with E-state index >= 15 is 0 Å². The van der Waals surface area contributed by atoms with Gasteiger partial charge < -0.3 is 0 Å². The fourth-order valence-corrected chi connectivity index (χ4v) is 6.84. The zero-order valence-corrected chi connectivity index (χ0v) is 20.2. The van der Waals surface area contributed by atoms with Crippen LogP contribution in [0, 0.1) is 13.8 Å². The zero-order valence-electron chi connectivity index (χ0n) is 18.5. The van der Waals surface area contributed by atoms with Gasteiger partial charge in [0.15, 0.2) is 0 Å². The molecule has 4 aromatic rings. The average Bonchev–Trinajstić information content (AvgIpc) is 3.60. The van der Waals surface area contributed by atoms with E-state index in [1.165, 1.54) is 0 Å². The van der Waals surface area contributed by atoms with Crippen LogP contribution in [0.25, 0.3) is 0 Å². The Labute approximate surface area is 200 Å². The molecule has 0 saturated carbocycles. The van der Waals surface area contributed by atoms with Crippen LogP contribution < -0.4 is 0 Å². The maximum atomic E-state index is 13.6. The first-order valence-electron chi connectivity index (χ1n) is 10.9. The number of benzene rings is 4. The predicted molar refractivity (Wildman–Crippen MR) is 134 cm³/mol. The standard InChI is InChI=1S/C28H25NO2S2/c1-20-12-16-23(17-13-20)32(30)26-11-7-6-10-25(26)28-27(22-8-4-3-5-9-22)29(28)33(31)24-18-14-21(2)15-19-24/h3-19,27-28H,1-2H3/t27-,28-,29?,32?,33?/m0/s1. The van der Waals surface area contributed by atoms with Crippen LogP contribution in [0.1, 0.15) is 34.3 Å². The highest BCUT2D eigenvalue weighted by atomic mass is 32.2. The molecule has 4 aromatic carbocycles. The van der Waals surface area contributed by atoms with Crippen molar-refractivity contribution in [2.45, 2.75) is 40.6 Å². The van der Waals surface area contributed by atoms with E-state index in [2.05, 4.69) is 12.1 Å². The second-order valence-electron chi connectivity index (χ2n) is 8.34. The molecule has 0 bridgehead atoms. The van der Waals surface area contributed by atoms with E-state index in [-0.39, 0.29) is 12.1 Å². The minimum Gasteiger partial charge on any atom is -0.249 e. The van der Waals surface area contributed by atoms with Gasteiger partial charge in [0.25, 0.3) is 0 Å². The maximum Gasteiger partial charge on any atom is 0.128 e. The predicted octanol–water partition coefficient (Wildman–Crippen LogP) is 6.29. The van der Waals surface area contributed by atoms with Crippen molar-refractivity contribution in [1.82, 2.24) is 4.31 Å². The van der Waals surface area contributed by atoms with Gasteiger partial charge in [-0.25, -0.2) is 12.7 Å². The Morgan fingerprint density at radius 2 is 1.15 bits per heavy atom. The number of hydrogen-bond donors (Lipinski definition) is 0. The van der Waals surface area contributed by atoms with Gasteiger partial charge in [-0.3, -0.25) is 0 Å². The molecule has 0 amide bonds. The van der Waals surface area contributed by atoms with Crippen LogP contribution >= 0.6 is 0 Å². The number of hydrogen-bond acceptors (Lipinski definition) is 2. The molecule has 3 unspecified atom stereocenters. The van der Waals surface area contributed by atoms with E-state index in [1.807, 2.05) is 109 Å². The summed E-state index contributed by atoms with van der Waals surface area (Å²) in [5.74, 6) is 0. The van der Waals surface area contributed by atoms with Gasteiger partial charge in [0.1, 0.15) is 11.0 Å². The van der Waals surface area contributed by atoms with Crippen molar-refractivity contribution >= 4 is 21.8 Å². The third kappa shape index (κ3) is 4.36. The van der Waals surface area contributed by atoms with Gasteiger partial charge in [-0.2, -0.15) is 0 Å². The summed E-state index contributed by atoms with van der Waals surface area (Å²) in [6, 6.07) is 33.5. The smallest absolute Gasteiger partial charge is 0.128 e. The molecular formula is C28H25NO2S2. The topological polar surface area (TPSA) is 37.1 Å². The summed E-state index contributed by atoms with van der Waals surface area (Å²) < 4.78 is 29.2. The minimum atomic E-state index is -1.33. The first-order valence-corrected chi connectivity index (χ1v) is 13.2. The van der Waals surface area contributed by atoms with Crippen LogP contribution in [0.5, 0.6) is 0 Å². The molecule has 0 aliphatic carbocycles. The summed E-state index contributed by atoms with van der Waals surface area (Å²) in [6.07, 6.45) is 0. The molecule has 1 heterocycles. The van der Waals surface area contributed by atoms with Gasteiger partial charge in [0.2, 0.25) is 0 Å². The van der Waals surface area contributed by atoms with E-state index in [0.29, 0.717) is 0 Å². The first-order chi connectivity index (χ1) is 16.0. The monoisotopic (exact) mass is 471 g/mol. The number of rotatable bonds is 6. The molecular weight excluding hydrogens is 446 g/mol. The van der Waals surface area contributed by atoms with Crippen molar-refractivity contribution in [3.05, 3.63) is 125 Å². The number of nitrogens with zero attached hydrogens (tertiary/aromatic N) is 1. The molecule has 5 heteroatoms. The molecule has 1 saturated heterocycles. The highest BCUT2D eigenvalue weighted by molar-refractivity contribution is 7.85. The van der Waals surface area contributed by atoms with Gasteiger partial charge in [-0.1, -0.05) is 83.9 Å². The molecule has 1 fully saturated rings. The third-order valence-corrected chi connectivity index (χ3v) is 8.97. The van der Waals surface area contributed by atoms with Crippen LogP contribution in [0.15, 0.2) is 118 Å². The van der Waals surface area contributed by atoms with E-state index in [1.54, 1.807) is 0 Å². The highest BCUT2D eigenvalue weighted by Crippen LogP contribution is 2.57. The molecule has 166 valence electrons. The van der Waals surface area contributed by atoms with E-state index < -0.39 is 21.8 Å². The largest absolute Gasteiger partial charge is 0.249 e. The summed E-state index contributed by atoms with van der Waals surface area (Å²) in [7, 11) is -2.65. The van der Waals surface area contributed by atoms with Gasteiger partial charge in [0, 0.05) is 9.79 Å². The third-order valence-electron chi connectivity index (χ3n) is 5.99. The van der Waals surface area contributed by atoms with E-state index in [4.69, 9.17) is 0 Å². The van der Waals surface area contributed by atoms with Crippen LogP contribution in [0.3, 0.4) is 0 Å². The fourth-order valence-electron chi connectivity index (χ4n) is 4.16. The Bertz CT molecular complexity index is 1320. The Hall–Kier alpha value is -2.86. The van der Waals surface area contributed by atoms with Crippen molar-refractivity contribution < 1.29 is 8.42 Å². The van der Waals surface area contributed by atoms with Gasteiger partial charge in [-0.15, -0.1) is 0 Å². The van der Waals surface area contributed by atoms with E-state index in [9.17, 15) is 8.42 Å². The zero-order chi connectivity index (χ0) is 22.9. The molecule has 0 spiro atoms. The normalized spacial score (nSPS) is 21.3. The summed E-state index contributed by atoms with van der Waals surface area (Å²) in [5.41, 5.74) is 4.34. The molecule has 33 heavy (non-hydrogen) atoms. The Kier molecular flexibility index (Phi) is 6.11. The second-order valence-corrected chi connectivity index (χ2v) is 11.2. The average molecular weight is 472 g/mol. The summed E-state index contributed by atoms with van der Waals surface area (Å²) in [6.45, 7) is 4.05. The summed E-state index contributed by atoms with van der Waals surface area (Å²) >= 11 is 0. The molecule has 0 aromatic heterocycles. The van der Waals surface area contributed by atoms with Crippen molar-refractivity contribution in [3.63, 3.8) is 0 Å². The van der Waals surface area contributed by atoms with Crippen molar-refractivity contribution in [3.8, 4) is 0 Å². The van der Waals surface area contributed by atoms with Crippen LogP contribution in [-0.4, -0.2) is 12.7 Å². The van der Waals surface area contributed by atoms with Crippen LogP contribution in [-0.2, 0) is 21.8 Å². The van der Waals surface area contributed by atoms with Crippen molar-refractivity contribution in [1.29, 1.82) is 0 Å². The Morgan fingerprint density at radius 1 is 0.606 bits per heavy atom. The maximum absolute atomic E-state index is 13.6. The van der Waals surface area contributed by atoms with Crippen molar-refractivity contribution in [2.75, 3.05) is 0 Å². The highest BCUT2D eigenvalue weighted by Gasteiger charge is 2.54. The van der Waals surface area contributed by atoms with Crippen molar-refractivity contribution in [2.24, 2.45) is 0 Å². The molecule has 0 radical (unpaired) electrons. The fraction of sp³-hybridized carbons (Fsp3) is 0.143. The summed E-state index contributed by atoms with van der Waals surface area (Å²) in [5, 5.41) is 0. The van der Waals surface area contributed by atoms with E-state index in [0.717, 1.165) is 36.9 Å². The molecule has 5 rings (SSSR count). The Morgan fingerprint density at radius 3 is 1.79 bits per heavy atom. The lowest BCUT2D eigenvalue weighted by molar-refractivity contribution is 0.637. The molecule has 1 aliphatic rings. The molecule has 0 N–H and O–H groups in total. The second kappa shape index (κ2) is 9.18. The lowest BCUT2D eigenvalue weighted by Gasteiger charge is -2.10. The molecule has 3 nitrogen and oxygen atoms in total. The van der Waals surface area contributed by atoms with Gasteiger partial charge >= 0.3 is 0 Å². The quantitative estimate of drug-likeness (QED) is 0.310. The number of aryl methyl sites for hydroxylation is 2. The van der Waals surface area contributed by atoms with Gasteiger partial charge in [0.05, 0.1) is 27.8 Å². The molecule has 1 aliphatic heterocycles. The summed E-state index contributed by atoms with van der Waals surface area (Å²) in [4.78, 5) is 2.33. The lowest BCUT2D eigenvalue weighted by atomic mass is 10.0. The van der Waals surface area contributed by atoms with Crippen LogP contribution in [0.2, 0.25) is 0 Å². The lowest BCUT2D eigenvalue weighted by Crippen LogP contribution is -2.06. The van der Waals surface area contributed by atoms with Gasteiger partial charge in [-0.05, 0) is 55.3 Å². The SMILES string of the molecule is Cc1ccc(S(=O)c2ccccc2[C@H]2[C@H](c3ccccc3)N2S(=O)c2ccc(C)cc2)cc1. The molecule has 5 atom stereocenters. The van der Waals surface area contributed by atoms with Crippen LogP contribution in [0.4, 0.5) is 0 Å². The minimum absolute atomic E-state index is 0.0375.